The predicted octanol–water partition coefficient (Wildman–Crippen LogP) is 3.92. The number of hydrogen-bond donors (Lipinski definition) is 0. The summed E-state index contributed by atoms with van der Waals surface area (Å²) in [7, 11) is 0. The van der Waals surface area contributed by atoms with Crippen molar-refractivity contribution in [3.63, 3.8) is 0 Å². The van der Waals surface area contributed by atoms with Gasteiger partial charge in [-0.2, -0.15) is 0 Å². The lowest BCUT2D eigenvalue weighted by Gasteiger charge is -2.09. The molecule has 0 saturated carbocycles. The number of halogens is 4. The number of esters is 1. The highest BCUT2D eigenvalue weighted by atomic mass is 35.5. The van der Waals surface area contributed by atoms with Crippen LogP contribution < -0.4 is 4.74 Å². The molecule has 1 heterocycles. The molecule has 0 unspecified atom stereocenters. The number of pyridine rings is 1. The molecule has 0 radical (unpaired) electrons. The number of ether oxygens (including phenoxy) is 2. The van der Waals surface area contributed by atoms with Crippen molar-refractivity contribution in [2.45, 2.75) is 19.4 Å². The fraction of sp³-hybridized carbons (Fsp3) is 0.200. The highest BCUT2D eigenvalue weighted by molar-refractivity contribution is 6.29. The molecule has 23 heavy (non-hydrogen) atoms. The van der Waals surface area contributed by atoms with Gasteiger partial charge in [-0.3, -0.25) is 4.79 Å². The molecule has 0 fully saturated rings. The third kappa shape index (κ3) is 6.15. The number of carbonyl (C=O) groups excluding carboxylic acids is 1. The van der Waals surface area contributed by atoms with Crippen LogP contribution in [0.2, 0.25) is 5.15 Å². The van der Waals surface area contributed by atoms with Gasteiger partial charge in [-0.05, 0) is 23.8 Å². The van der Waals surface area contributed by atoms with Crippen LogP contribution in [0.15, 0.2) is 42.6 Å². The number of hydrogen-bond acceptors (Lipinski definition) is 4. The quantitative estimate of drug-likeness (QED) is 0.609. The smallest absolute Gasteiger partial charge is 0.460 e. The Labute approximate surface area is 134 Å². The Morgan fingerprint density at radius 2 is 1.74 bits per heavy atom. The van der Waals surface area contributed by atoms with Crippen LogP contribution >= 0.6 is 11.6 Å². The van der Waals surface area contributed by atoms with E-state index in [9.17, 15) is 18.0 Å². The second-order valence-corrected chi connectivity index (χ2v) is 4.91. The van der Waals surface area contributed by atoms with E-state index >= 15 is 0 Å². The molecule has 1 aromatic heterocycles. The van der Waals surface area contributed by atoms with Crippen molar-refractivity contribution in [3.8, 4) is 5.75 Å². The molecule has 0 aliphatic carbocycles. The summed E-state index contributed by atoms with van der Waals surface area (Å²) in [4.78, 5) is 15.5. The van der Waals surface area contributed by atoms with Crippen molar-refractivity contribution in [1.82, 2.24) is 4.98 Å². The summed E-state index contributed by atoms with van der Waals surface area (Å²) in [5.41, 5.74) is 1.19. The van der Waals surface area contributed by atoms with E-state index in [0.29, 0.717) is 16.3 Å². The second kappa shape index (κ2) is 7.32. The van der Waals surface area contributed by atoms with E-state index < -0.39 is 12.3 Å². The highest BCUT2D eigenvalue weighted by Gasteiger charge is 2.30. The predicted molar refractivity (Wildman–Crippen MR) is 75.9 cm³/mol. The molecule has 0 bridgehead atoms. The fourth-order valence-corrected chi connectivity index (χ4v) is 1.79. The van der Waals surface area contributed by atoms with Crippen molar-refractivity contribution in [2.75, 3.05) is 0 Å². The van der Waals surface area contributed by atoms with Gasteiger partial charge in [0.05, 0.1) is 6.42 Å². The monoisotopic (exact) mass is 345 g/mol. The zero-order valence-corrected chi connectivity index (χ0v) is 12.4. The maximum Gasteiger partial charge on any atom is 0.573 e. The largest absolute Gasteiger partial charge is 0.573 e. The maximum atomic E-state index is 12.0. The first-order valence-corrected chi connectivity index (χ1v) is 6.80. The van der Waals surface area contributed by atoms with Crippen LogP contribution in [0.4, 0.5) is 13.2 Å². The summed E-state index contributed by atoms with van der Waals surface area (Å²) in [6.45, 7) is 0.0400. The third-order valence-electron chi connectivity index (χ3n) is 2.69. The molecule has 2 aromatic rings. The molecule has 122 valence electrons. The number of alkyl halides is 3. The van der Waals surface area contributed by atoms with E-state index in [1.165, 1.54) is 18.3 Å². The Kier molecular flexibility index (Phi) is 5.44. The minimum Gasteiger partial charge on any atom is -0.460 e. The summed E-state index contributed by atoms with van der Waals surface area (Å²) < 4.78 is 44.9. The normalized spacial score (nSPS) is 11.1. The molecule has 0 aliphatic heterocycles. The third-order valence-corrected chi connectivity index (χ3v) is 2.92. The summed E-state index contributed by atoms with van der Waals surface area (Å²) in [6, 6.07) is 8.26. The molecule has 0 amide bonds. The minimum atomic E-state index is -4.74. The van der Waals surface area contributed by atoms with E-state index in [0.717, 1.165) is 12.1 Å². The molecule has 8 heteroatoms. The first-order valence-electron chi connectivity index (χ1n) is 6.42. The summed E-state index contributed by atoms with van der Waals surface area (Å²) in [5.74, 6) is -0.855. The van der Waals surface area contributed by atoms with Crippen molar-refractivity contribution in [1.29, 1.82) is 0 Å². The zero-order valence-electron chi connectivity index (χ0n) is 11.6. The van der Waals surface area contributed by atoms with Gasteiger partial charge in [-0.1, -0.05) is 29.8 Å². The van der Waals surface area contributed by atoms with Crippen molar-refractivity contribution < 1.29 is 27.4 Å². The highest BCUT2D eigenvalue weighted by Crippen LogP contribution is 2.22. The number of carbonyl (C=O) groups is 1. The van der Waals surface area contributed by atoms with Gasteiger partial charge in [0, 0.05) is 11.8 Å². The van der Waals surface area contributed by atoms with Gasteiger partial charge in [-0.15, -0.1) is 13.2 Å². The molecular formula is C15H11ClF3NO3. The van der Waals surface area contributed by atoms with E-state index in [1.807, 2.05) is 0 Å². The van der Waals surface area contributed by atoms with Gasteiger partial charge < -0.3 is 9.47 Å². The average Bonchev–Trinajstić information content (AvgIpc) is 2.47. The van der Waals surface area contributed by atoms with E-state index in [-0.39, 0.29) is 18.8 Å². The first-order chi connectivity index (χ1) is 10.8. The number of benzene rings is 1. The Bertz CT molecular complexity index is 657. The van der Waals surface area contributed by atoms with Gasteiger partial charge in [0.1, 0.15) is 17.5 Å². The van der Waals surface area contributed by atoms with Crippen LogP contribution in [0, 0.1) is 0 Å². The lowest BCUT2D eigenvalue weighted by Crippen LogP contribution is -2.17. The Morgan fingerprint density at radius 1 is 1.09 bits per heavy atom. The molecular weight excluding hydrogens is 335 g/mol. The molecule has 0 spiro atoms. The maximum absolute atomic E-state index is 12.0. The number of nitrogens with zero attached hydrogens (tertiary/aromatic N) is 1. The first kappa shape index (κ1) is 17.1. The van der Waals surface area contributed by atoms with E-state index in [4.69, 9.17) is 16.3 Å². The SMILES string of the molecule is O=C(Cc1ccc(OC(F)(F)F)cc1)OCc1ccc(Cl)nc1. The average molecular weight is 346 g/mol. The second-order valence-electron chi connectivity index (χ2n) is 4.52. The molecule has 0 N–H and O–H groups in total. The zero-order chi connectivity index (χ0) is 16.9. The molecule has 0 aliphatic rings. The minimum absolute atomic E-state index is 0.0400. The van der Waals surface area contributed by atoms with Gasteiger partial charge in [0.15, 0.2) is 0 Å². The number of rotatable bonds is 5. The van der Waals surface area contributed by atoms with Crippen LogP contribution in [-0.2, 0) is 22.6 Å². The lowest BCUT2D eigenvalue weighted by molar-refractivity contribution is -0.274. The number of aromatic nitrogens is 1. The van der Waals surface area contributed by atoms with Crippen LogP contribution in [0.5, 0.6) is 5.75 Å². The Hall–Kier alpha value is -2.28. The standard InChI is InChI=1S/C15H11ClF3NO3/c16-13-6-3-11(8-20-13)9-22-14(21)7-10-1-4-12(5-2-10)23-15(17,18)19/h1-6,8H,7,9H2. The van der Waals surface area contributed by atoms with Crippen LogP contribution in [0.1, 0.15) is 11.1 Å². The summed E-state index contributed by atoms with van der Waals surface area (Å²) >= 11 is 5.64. The molecule has 0 saturated heterocycles. The van der Waals surface area contributed by atoms with E-state index in [2.05, 4.69) is 9.72 Å². The van der Waals surface area contributed by atoms with Crippen LogP contribution in [-0.4, -0.2) is 17.3 Å². The molecule has 2 rings (SSSR count). The Morgan fingerprint density at radius 3 is 2.30 bits per heavy atom. The molecule has 1 aromatic carbocycles. The van der Waals surface area contributed by atoms with Crippen LogP contribution in [0.25, 0.3) is 0 Å². The van der Waals surface area contributed by atoms with E-state index in [1.54, 1.807) is 12.1 Å². The fourth-order valence-electron chi connectivity index (χ4n) is 1.68. The van der Waals surface area contributed by atoms with Gasteiger partial charge in [0.2, 0.25) is 0 Å². The van der Waals surface area contributed by atoms with Crippen LogP contribution in [0.3, 0.4) is 0 Å². The molecule has 4 nitrogen and oxygen atoms in total. The summed E-state index contributed by atoms with van der Waals surface area (Å²) in [6.07, 6.45) is -3.32. The van der Waals surface area contributed by atoms with Gasteiger partial charge >= 0.3 is 12.3 Å². The summed E-state index contributed by atoms with van der Waals surface area (Å²) in [5, 5.41) is 0.334. The lowest BCUT2D eigenvalue weighted by atomic mass is 10.1. The van der Waals surface area contributed by atoms with Gasteiger partial charge in [-0.25, -0.2) is 4.98 Å². The van der Waals surface area contributed by atoms with Gasteiger partial charge in [0.25, 0.3) is 0 Å². The Balaban J connectivity index is 1.84. The van der Waals surface area contributed by atoms with Crippen molar-refractivity contribution in [2.24, 2.45) is 0 Å². The van der Waals surface area contributed by atoms with Crippen molar-refractivity contribution >= 4 is 17.6 Å². The topological polar surface area (TPSA) is 48.4 Å². The molecule has 0 atom stereocenters. The van der Waals surface area contributed by atoms with Crippen molar-refractivity contribution in [3.05, 3.63) is 58.9 Å².